The summed E-state index contributed by atoms with van der Waals surface area (Å²) < 4.78 is 27.7. The lowest BCUT2D eigenvalue weighted by Crippen LogP contribution is -2.55. The summed E-state index contributed by atoms with van der Waals surface area (Å²) >= 11 is 0. The number of aryl methyl sites for hydroxylation is 1. The SMILES string of the molecule is CCc1ccc2c(CN3CC(S(N)(=O)=O)C3)cc(=O)oc2c1. The molecule has 0 atom stereocenters. The zero-order valence-corrected chi connectivity index (χ0v) is 13.1. The van der Waals surface area contributed by atoms with Crippen LogP contribution in [-0.4, -0.2) is 31.7 Å². The van der Waals surface area contributed by atoms with E-state index in [9.17, 15) is 13.2 Å². The fourth-order valence-electron chi connectivity index (χ4n) is 2.73. The van der Waals surface area contributed by atoms with Crippen molar-refractivity contribution < 1.29 is 12.8 Å². The van der Waals surface area contributed by atoms with Gasteiger partial charge in [-0.3, -0.25) is 4.90 Å². The van der Waals surface area contributed by atoms with E-state index in [0.717, 1.165) is 22.9 Å². The Morgan fingerprint density at radius 1 is 1.32 bits per heavy atom. The van der Waals surface area contributed by atoms with Crippen LogP contribution in [-0.2, 0) is 23.0 Å². The van der Waals surface area contributed by atoms with Crippen LogP contribution in [0.5, 0.6) is 0 Å². The van der Waals surface area contributed by atoms with Gasteiger partial charge in [-0.05, 0) is 23.6 Å². The monoisotopic (exact) mass is 322 g/mol. The summed E-state index contributed by atoms with van der Waals surface area (Å²) in [6.45, 7) is 3.34. The molecular formula is C15H18N2O4S. The molecule has 118 valence electrons. The first kappa shape index (κ1) is 15.2. The molecule has 1 saturated heterocycles. The van der Waals surface area contributed by atoms with Gasteiger partial charge in [0.05, 0.1) is 0 Å². The molecule has 1 aliphatic heterocycles. The van der Waals surface area contributed by atoms with E-state index in [2.05, 4.69) is 0 Å². The molecular weight excluding hydrogens is 304 g/mol. The summed E-state index contributed by atoms with van der Waals surface area (Å²) in [5.41, 5.74) is 2.14. The number of likely N-dealkylation sites (tertiary alicyclic amines) is 1. The van der Waals surface area contributed by atoms with Crippen molar-refractivity contribution in [2.24, 2.45) is 5.14 Å². The third-order valence-corrected chi connectivity index (χ3v) is 5.31. The Labute approximate surface area is 128 Å². The Hall–Kier alpha value is -1.70. The lowest BCUT2D eigenvalue weighted by molar-refractivity contribution is 0.176. The van der Waals surface area contributed by atoms with Crippen molar-refractivity contribution in [2.75, 3.05) is 13.1 Å². The van der Waals surface area contributed by atoms with E-state index in [1.54, 1.807) is 0 Å². The molecule has 2 heterocycles. The summed E-state index contributed by atoms with van der Waals surface area (Å²) in [5.74, 6) is 0. The number of nitrogens with two attached hydrogens (primary N) is 1. The highest BCUT2D eigenvalue weighted by atomic mass is 32.2. The highest BCUT2D eigenvalue weighted by Gasteiger charge is 2.35. The van der Waals surface area contributed by atoms with E-state index in [1.807, 2.05) is 30.0 Å². The van der Waals surface area contributed by atoms with Gasteiger partial charge < -0.3 is 4.42 Å². The largest absolute Gasteiger partial charge is 0.423 e. The summed E-state index contributed by atoms with van der Waals surface area (Å²) in [4.78, 5) is 13.7. The van der Waals surface area contributed by atoms with Crippen LogP contribution in [0.1, 0.15) is 18.1 Å². The van der Waals surface area contributed by atoms with Gasteiger partial charge in [-0.15, -0.1) is 0 Å². The molecule has 3 rings (SSSR count). The summed E-state index contributed by atoms with van der Waals surface area (Å²) in [5, 5.41) is 5.50. The summed E-state index contributed by atoms with van der Waals surface area (Å²) in [6, 6.07) is 7.31. The van der Waals surface area contributed by atoms with Crippen LogP contribution in [0.2, 0.25) is 0 Å². The predicted molar refractivity (Wildman–Crippen MR) is 84.0 cm³/mol. The van der Waals surface area contributed by atoms with E-state index < -0.39 is 15.3 Å². The van der Waals surface area contributed by atoms with Crippen LogP contribution in [0.4, 0.5) is 0 Å². The topological polar surface area (TPSA) is 93.6 Å². The van der Waals surface area contributed by atoms with Crippen molar-refractivity contribution in [1.29, 1.82) is 0 Å². The Kier molecular flexibility index (Phi) is 3.80. The molecule has 1 fully saturated rings. The van der Waals surface area contributed by atoms with Crippen molar-refractivity contribution in [3.8, 4) is 0 Å². The molecule has 6 nitrogen and oxygen atoms in total. The Morgan fingerprint density at radius 2 is 2.05 bits per heavy atom. The van der Waals surface area contributed by atoms with E-state index in [4.69, 9.17) is 9.56 Å². The fourth-order valence-corrected chi connectivity index (χ4v) is 3.56. The highest BCUT2D eigenvalue weighted by molar-refractivity contribution is 7.89. The quantitative estimate of drug-likeness (QED) is 0.842. The fraction of sp³-hybridized carbons (Fsp3) is 0.400. The third kappa shape index (κ3) is 2.92. The zero-order valence-electron chi connectivity index (χ0n) is 12.3. The average Bonchev–Trinajstić information content (AvgIpc) is 2.39. The lowest BCUT2D eigenvalue weighted by atomic mass is 10.0. The first-order valence-corrected chi connectivity index (χ1v) is 8.77. The van der Waals surface area contributed by atoms with Crippen LogP contribution < -0.4 is 10.8 Å². The van der Waals surface area contributed by atoms with Gasteiger partial charge >= 0.3 is 5.63 Å². The minimum Gasteiger partial charge on any atom is -0.423 e. The molecule has 7 heteroatoms. The molecule has 0 spiro atoms. The minimum absolute atomic E-state index is 0.390. The number of rotatable bonds is 4. The molecule has 2 aromatic rings. The maximum Gasteiger partial charge on any atom is 0.336 e. The van der Waals surface area contributed by atoms with E-state index >= 15 is 0 Å². The zero-order chi connectivity index (χ0) is 15.9. The number of benzene rings is 1. The van der Waals surface area contributed by atoms with E-state index in [-0.39, 0.29) is 5.63 Å². The van der Waals surface area contributed by atoms with Crippen LogP contribution in [0.15, 0.2) is 33.5 Å². The second-order valence-electron chi connectivity index (χ2n) is 5.68. The van der Waals surface area contributed by atoms with E-state index in [1.165, 1.54) is 6.07 Å². The highest BCUT2D eigenvalue weighted by Crippen LogP contribution is 2.23. The molecule has 0 amide bonds. The second-order valence-corrected chi connectivity index (χ2v) is 7.52. The smallest absolute Gasteiger partial charge is 0.336 e. The Balaban J connectivity index is 1.87. The first-order valence-electron chi connectivity index (χ1n) is 7.16. The average molecular weight is 322 g/mol. The molecule has 1 aliphatic rings. The number of hydrogen-bond donors (Lipinski definition) is 1. The van der Waals surface area contributed by atoms with Crippen molar-refractivity contribution in [2.45, 2.75) is 25.1 Å². The van der Waals surface area contributed by atoms with Crippen LogP contribution >= 0.6 is 0 Å². The number of hydrogen-bond acceptors (Lipinski definition) is 5. The molecule has 1 aromatic carbocycles. The Morgan fingerprint density at radius 3 is 2.68 bits per heavy atom. The molecule has 0 bridgehead atoms. The predicted octanol–water partition coefficient (Wildman–Crippen LogP) is 0.828. The van der Waals surface area contributed by atoms with Gasteiger partial charge in [-0.25, -0.2) is 18.4 Å². The Bertz CT molecular complexity index is 867. The first-order chi connectivity index (χ1) is 10.4. The van der Waals surface area contributed by atoms with Gasteiger partial charge in [-0.1, -0.05) is 19.1 Å². The third-order valence-electron chi connectivity index (χ3n) is 4.09. The molecule has 0 saturated carbocycles. The number of sulfonamides is 1. The normalized spacial score (nSPS) is 16.8. The maximum atomic E-state index is 11.7. The molecule has 2 N–H and O–H groups in total. The van der Waals surface area contributed by atoms with Crippen LogP contribution in [0.3, 0.4) is 0 Å². The van der Waals surface area contributed by atoms with Gasteiger partial charge in [0.25, 0.3) is 0 Å². The standard InChI is InChI=1S/C15H18N2O4S/c1-2-10-3-4-13-11(6-15(18)21-14(13)5-10)7-17-8-12(9-17)22(16,19)20/h3-6,12H,2,7-9H2,1H3,(H2,16,19,20). The van der Waals surface area contributed by atoms with Gasteiger partial charge in [0, 0.05) is 31.1 Å². The lowest BCUT2D eigenvalue weighted by Gasteiger charge is -2.37. The number of fused-ring (bicyclic) bond motifs is 1. The summed E-state index contributed by atoms with van der Waals surface area (Å²) in [7, 11) is -3.47. The van der Waals surface area contributed by atoms with Crippen molar-refractivity contribution in [1.82, 2.24) is 4.90 Å². The molecule has 0 unspecified atom stereocenters. The van der Waals surface area contributed by atoms with Gasteiger partial charge in [0.2, 0.25) is 10.0 Å². The van der Waals surface area contributed by atoms with Crippen molar-refractivity contribution in [3.63, 3.8) is 0 Å². The molecule has 1 aromatic heterocycles. The van der Waals surface area contributed by atoms with Gasteiger partial charge in [0.15, 0.2) is 0 Å². The summed E-state index contributed by atoms with van der Waals surface area (Å²) in [6.07, 6.45) is 0.867. The van der Waals surface area contributed by atoms with Crippen molar-refractivity contribution in [3.05, 3.63) is 45.8 Å². The van der Waals surface area contributed by atoms with Gasteiger partial charge in [-0.2, -0.15) is 0 Å². The molecule has 22 heavy (non-hydrogen) atoms. The minimum atomic E-state index is -3.47. The van der Waals surface area contributed by atoms with Crippen LogP contribution in [0, 0.1) is 0 Å². The second kappa shape index (κ2) is 5.49. The number of nitrogens with zero attached hydrogens (tertiary/aromatic N) is 1. The van der Waals surface area contributed by atoms with Crippen LogP contribution in [0.25, 0.3) is 11.0 Å². The molecule has 0 aliphatic carbocycles. The van der Waals surface area contributed by atoms with Gasteiger partial charge in [0.1, 0.15) is 10.8 Å². The molecule has 0 radical (unpaired) electrons. The number of primary sulfonamides is 1. The van der Waals surface area contributed by atoms with Crippen molar-refractivity contribution >= 4 is 21.0 Å². The van der Waals surface area contributed by atoms with E-state index in [0.29, 0.717) is 25.2 Å². The maximum absolute atomic E-state index is 11.7.